The minimum atomic E-state index is -0.701. The van der Waals surface area contributed by atoms with Crippen LogP contribution in [0, 0.1) is 0 Å². The normalized spacial score (nSPS) is 20.6. The zero-order valence-electron chi connectivity index (χ0n) is 21.6. The molecule has 36 heavy (non-hydrogen) atoms. The maximum Gasteiger partial charge on any atom is 0.295 e. The minimum Gasteiger partial charge on any atom is -0.507 e. The number of aliphatic hydroxyl groups excluding tert-OH is 1. The molecule has 2 atom stereocenters. The van der Waals surface area contributed by atoms with E-state index < -0.39 is 17.7 Å². The standard InChI is InChI=1S/C29H36N2O5/c1-5-6-7-15-35-23-10-8-9-20(18-23)26-25(28(33)29(34)31(26)14-13-30(3)4)27(32)21-11-12-24-22(17-21)16-19(2)36-24/h8-12,17-19,26,32H,5-7,13-16H2,1-4H3/b27-25+/t19-,26+/m1/s1. The first kappa shape index (κ1) is 25.8. The van der Waals surface area contributed by atoms with Gasteiger partial charge in [0.2, 0.25) is 0 Å². The Labute approximate surface area is 213 Å². The molecule has 2 heterocycles. The van der Waals surface area contributed by atoms with Gasteiger partial charge >= 0.3 is 0 Å². The average Bonchev–Trinajstić information content (AvgIpc) is 3.35. The summed E-state index contributed by atoms with van der Waals surface area (Å²) in [7, 11) is 3.84. The van der Waals surface area contributed by atoms with Crippen LogP contribution >= 0.6 is 0 Å². The van der Waals surface area contributed by atoms with Crippen molar-refractivity contribution in [1.29, 1.82) is 0 Å². The second-order valence-electron chi connectivity index (χ2n) is 9.88. The largest absolute Gasteiger partial charge is 0.507 e. The number of likely N-dealkylation sites (tertiary alicyclic amines) is 1. The molecule has 2 aliphatic rings. The number of amides is 1. The summed E-state index contributed by atoms with van der Waals surface area (Å²) in [6.45, 7) is 5.69. The number of nitrogens with zero attached hydrogens (tertiary/aromatic N) is 2. The van der Waals surface area contributed by atoms with E-state index in [1.807, 2.05) is 62.3 Å². The molecular weight excluding hydrogens is 456 g/mol. The SMILES string of the molecule is CCCCCOc1cccc([C@H]2/C(=C(\O)c3ccc4c(c3)C[C@@H](C)O4)C(=O)C(=O)N2CCN(C)C)c1. The molecule has 0 radical (unpaired) electrons. The van der Waals surface area contributed by atoms with Crippen LogP contribution < -0.4 is 9.47 Å². The number of aliphatic hydroxyl groups is 1. The molecule has 2 aliphatic heterocycles. The number of unbranched alkanes of at least 4 members (excludes halogenated alkanes) is 2. The van der Waals surface area contributed by atoms with Crippen LogP contribution in [0.15, 0.2) is 48.0 Å². The maximum atomic E-state index is 13.3. The number of ketones is 1. The van der Waals surface area contributed by atoms with Gasteiger partial charge in [0.15, 0.2) is 0 Å². The fourth-order valence-electron chi connectivity index (χ4n) is 4.81. The van der Waals surface area contributed by atoms with E-state index in [1.165, 1.54) is 0 Å². The summed E-state index contributed by atoms with van der Waals surface area (Å²) in [5.74, 6) is 0.0363. The Morgan fingerprint density at radius 3 is 2.72 bits per heavy atom. The molecule has 1 amide bonds. The Balaban J connectivity index is 1.74. The van der Waals surface area contributed by atoms with Crippen molar-refractivity contribution in [3.05, 3.63) is 64.7 Å². The van der Waals surface area contributed by atoms with Gasteiger partial charge in [-0.2, -0.15) is 0 Å². The van der Waals surface area contributed by atoms with Crippen molar-refractivity contribution in [3.8, 4) is 11.5 Å². The van der Waals surface area contributed by atoms with E-state index in [-0.39, 0.29) is 17.4 Å². The number of rotatable bonds is 10. The topological polar surface area (TPSA) is 79.3 Å². The van der Waals surface area contributed by atoms with Crippen LogP contribution in [0.2, 0.25) is 0 Å². The average molecular weight is 493 g/mol. The van der Waals surface area contributed by atoms with Crippen molar-refractivity contribution in [2.24, 2.45) is 0 Å². The summed E-state index contributed by atoms with van der Waals surface area (Å²) in [5.41, 5.74) is 2.33. The van der Waals surface area contributed by atoms with E-state index in [9.17, 15) is 14.7 Å². The van der Waals surface area contributed by atoms with Gasteiger partial charge in [0, 0.05) is 25.1 Å². The number of ether oxygens (including phenoxy) is 2. The van der Waals surface area contributed by atoms with Crippen LogP contribution in [0.4, 0.5) is 0 Å². The molecule has 0 spiro atoms. The number of hydrogen-bond donors (Lipinski definition) is 1. The second-order valence-corrected chi connectivity index (χ2v) is 9.88. The molecule has 0 aliphatic carbocycles. The number of carbonyl (C=O) groups is 2. The first-order chi connectivity index (χ1) is 17.3. The van der Waals surface area contributed by atoms with E-state index in [2.05, 4.69) is 6.92 Å². The van der Waals surface area contributed by atoms with Crippen LogP contribution in [0.25, 0.3) is 5.76 Å². The summed E-state index contributed by atoms with van der Waals surface area (Å²) < 4.78 is 11.7. The monoisotopic (exact) mass is 492 g/mol. The van der Waals surface area contributed by atoms with Crippen LogP contribution in [-0.2, 0) is 16.0 Å². The Morgan fingerprint density at radius 2 is 1.97 bits per heavy atom. The highest BCUT2D eigenvalue weighted by molar-refractivity contribution is 6.46. The summed E-state index contributed by atoms with van der Waals surface area (Å²) >= 11 is 0. The lowest BCUT2D eigenvalue weighted by Gasteiger charge is -2.27. The lowest BCUT2D eigenvalue weighted by atomic mass is 9.94. The van der Waals surface area contributed by atoms with Crippen molar-refractivity contribution < 1.29 is 24.2 Å². The van der Waals surface area contributed by atoms with Gasteiger partial charge < -0.3 is 24.4 Å². The summed E-state index contributed by atoms with van der Waals surface area (Å²) in [6.07, 6.45) is 3.96. The van der Waals surface area contributed by atoms with Crippen LogP contribution in [0.5, 0.6) is 11.5 Å². The van der Waals surface area contributed by atoms with Crippen molar-refractivity contribution in [1.82, 2.24) is 9.80 Å². The molecule has 0 bridgehead atoms. The lowest BCUT2D eigenvalue weighted by Crippen LogP contribution is -2.35. The van der Waals surface area contributed by atoms with Gasteiger partial charge in [-0.15, -0.1) is 0 Å². The number of carbonyl (C=O) groups excluding carboxylic acids is 2. The summed E-state index contributed by atoms with van der Waals surface area (Å²) in [4.78, 5) is 30.0. The molecule has 192 valence electrons. The van der Waals surface area contributed by atoms with Crippen molar-refractivity contribution >= 4 is 17.4 Å². The smallest absolute Gasteiger partial charge is 0.295 e. The summed E-state index contributed by atoms with van der Waals surface area (Å²) in [5, 5.41) is 11.4. The van der Waals surface area contributed by atoms with Crippen molar-refractivity contribution in [3.63, 3.8) is 0 Å². The van der Waals surface area contributed by atoms with Crippen molar-refractivity contribution in [2.45, 2.75) is 51.7 Å². The molecule has 2 aromatic carbocycles. The highest BCUT2D eigenvalue weighted by Crippen LogP contribution is 2.41. The van der Waals surface area contributed by atoms with Crippen molar-refractivity contribution in [2.75, 3.05) is 33.8 Å². The molecule has 7 heteroatoms. The first-order valence-electron chi connectivity index (χ1n) is 12.8. The number of likely N-dealkylation sites (N-methyl/N-ethyl adjacent to an activating group) is 1. The quantitative estimate of drug-likeness (QED) is 0.227. The zero-order chi connectivity index (χ0) is 25.8. The van der Waals surface area contributed by atoms with Crippen LogP contribution in [-0.4, -0.2) is 66.5 Å². The number of fused-ring (bicyclic) bond motifs is 1. The Hall–Kier alpha value is -3.32. The third-order valence-corrected chi connectivity index (χ3v) is 6.69. The lowest BCUT2D eigenvalue weighted by molar-refractivity contribution is -0.140. The Morgan fingerprint density at radius 1 is 1.17 bits per heavy atom. The van der Waals surface area contributed by atoms with Crippen LogP contribution in [0.3, 0.4) is 0 Å². The van der Waals surface area contributed by atoms with E-state index in [4.69, 9.17) is 9.47 Å². The Kier molecular flexibility index (Phi) is 7.99. The van der Waals surface area contributed by atoms with Gasteiger partial charge in [-0.25, -0.2) is 0 Å². The number of benzene rings is 2. The predicted octanol–water partition coefficient (Wildman–Crippen LogP) is 4.56. The Bertz CT molecular complexity index is 1160. The third kappa shape index (κ3) is 5.41. The van der Waals surface area contributed by atoms with Gasteiger partial charge in [-0.05, 0) is 68.9 Å². The van der Waals surface area contributed by atoms with Gasteiger partial charge in [0.05, 0.1) is 18.2 Å². The van der Waals surface area contributed by atoms with Gasteiger partial charge in [0.1, 0.15) is 23.4 Å². The fraction of sp³-hybridized carbons (Fsp3) is 0.448. The molecule has 0 unspecified atom stereocenters. The predicted molar refractivity (Wildman–Crippen MR) is 139 cm³/mol. The molecule has 2 aromatic rings. The number of hydrogen-bond acceptors (Lipinski definition) is 6. The fourth-order valence-corrected chi connectivity index (χ4v) is 4.81. The molecule has 7 nitrogen and oxygen atoms in total. The third-order valence-electron chi connectivity index (χ3n) is 6.69. The second kappa shape index (κ2) is 11.2. The maximum absolute atomic E-state index is 13.3. The van der Waals surface area contributed by atoms with E-state index >= 15 is 0 Å². The molecule has 0 aromatic heterocycles. The zero-order valence-corrected chi connectivity index (χ0v) is 21.6. The van der Waals surface area contributed by atoms with Crippen LogP contribution in [0.1, 0.15) is 55.8 Å². The first-order valence-corrected chi connectivity index (χ1v) is 12.8. The van der Waals surface area contributed by atoms with E-state index in [0.29, 0.717) is 31.0 Å². The van der Waals surface area contributed by atoms with E-state index in [1.54, 1.807) is 11.0 Å². The molecule has 0 saturated carbocycles. The number of Topliss-reactive ketones (excluding diaryl/α,β-unsaturated/α-hetero) is 1. The molecule has 1 fully saturated rings. The van der Waals surface area contributed by atoms with Gasteiger partial charge in [0.25, 0.3) is 11.7 Å². The van der Waals surface area contributed by atoms with Gasteiger partial charge in [-0.3, -0.25) is 9.59 Å². The summed E-state index contributed by atoms with van der Waals surface area (Å²) in [6, 6.07) is 12.2. The highest BCUT2D eigenvalue weighted by atomic mass is 16.5. The minimum absolute atomic E-state index is 0.0640. The van der Waals surface area contributed by atoms with Gasteiger partial charge in [-0.1, -0.05) is 31.9 Å². The highest BCUT2D eigenvalue weighted by Gasteiger charge is 2.46. The molecular formula is C29H36N2O5. The molecule has 4 rings (SSSR count). The molecule has 1 N–H and O–H groups in total. The molecule has 1 saturated heterocycles. The van der Waals surface area contributed by atoms with E-state index in [0.717, 1.165) is 42.6 Å².